The number of benzene rings is 1. The third kappa shape index (κ3) is 7.61. The molecular weight excluding hydrogens is 362 g/mol. The number of aliphatic imine (C=N–C) groups is 1. The van der Waals surface area contributed by atoms with Crippen LogP contribution in [-0.2, 0) is 6.54 Å². The van der Waals surface area contributed by atoms with Crippen LogP contribution in [0.2, 0.25) is 0 Å². The largest absolute Gasteiger partial charge is 0.393 e. The van der Waals surface area contributed by atoms with Crippen molar-refractivity contribution >= 4 is 5.96 Å². The number of hydrogen-bond acceptors (Lipinski definition) is 4. The Hall–Kier alpha value is -1.63. The lowest BCUT2D eigenvalue weighted by Crippen LogP contribution is -2.41. The van der Waals surface area contributed by atoms with Gasteiger partial charge in [-0.1, -0.05) is 30.3 Å². The number of likely N-dealkylation sites (tertiary alicyclic amines) is 2. The maximum Gasteiger partial charge on any atom is 0.191 e. The Balaban J connectivity index is 1.40. The molecule has 0 bridgehead atoms. The monoisotopic (exact) mass is 401 g/mol. The van der Waals surface area contributed by atoms with E-state index in [0.29, 0.717) is 6.04 Å². The van der Waals surface area contributed by atoms with E-state index in [4.69, 9.17) is 4.99 Å². The molecule has 2 heterocycles. The lowest BCUT2D eigenvalue weighted by atomic mass is 10.1. The molecule has 0 saturated carbocycles. The number of hydrogen-bond donors (Lipinski definition) is 3. The highest BCUT2D eigenvalue weighted by atomic mass is 16.3. The van der Waals surface area contributed by atoms with E-state index in [-0.39, 0.29) is 6.10 Å². The average Bonchev–Trinajstić information content (AvgIpc) is 3.18. The summed E-state index contributed by atoms with van der Waals surface area (Å²) >= 11 is 0. The molecule has 2 saturated heterocycles. The van der Waals surface area contributed by atoms with Gasteiger partial charge in [-0.25, -0.2) is 0 Å². The summed E-state index contributed by atoms with van der Waals surface area (Å²) in [5.74, 6) is 0.938. The van der Waals surface area contributed by atoms with Crippen LogP contribution in [0.25, 0.3) is 0 Å². The van der Waals surface area contributed by atoms with Gasteiger partial charge in [-0.3, -0.25) is 9.89 Å². The van der Waals surface area contributed by atoms with Crippen molar-refractivity contribution < 1.29 is 5.11 Å². The fourth-order valence-electron chi connectivity index (χ4n) is 4.32. The Morgan fingerprint density at radius 3 is 2.66 bits per heavy atom. The van der Waals surface area contributed by atoms with Gasteiger partial charge in [0.1, 0.15) is 0 Å². The molecule has 3 N–H and O–H groups in total. The van der Waals surface area contributed by atoms with Gasteiger partial charge in [-0.15, -0.1) is 0 Å². The minimum atomic E-state index is -0.0890. The van der Waals surface area contributed by atoms with Gasteiger partial charge in [0.25, 0.3) is 0 Å². The van der Waals surface area contributed by atoms with Crippen molar-refractivity contribution in [1.29, 1.82) is 0 Å². The fourth-order valence-corrected chi connectivity index (χ4v) is 4.32. The molecular formula is C23H39N5O. The smallest absolute Gasteiger partial charge is 0.191 e. The van der Waals surface area contributed by atoms with Crippen molar-refractivity contribution in [3.05, 3.63) is 35.9 Å². The fraction of sp³-hybridized carbons (Fsp3) is 0.696. The highest BCUT2D eigenvalue weighted by Crippen LogP contribution is 2.20. The molecule has 1 unspecified atom stereocenters. The molecule has 162 valence electrons. The van der Waals surface area contributed by atoms with E-state index in [1.54, 1.807) is 0 Å². The Labute approximate surface area is 176 Å². The van der Waals surface area contributed by atoms with Crippen molar-refractivity contribution in [3.8, 4) is 0 Å². The van der Waals surface area contributed by atoms with E-state index in [0.717, 1.165) is 71.0 Å². The molecule has 0 spiro atoms. The second kappa shape index (κ2) is 12.2. The van der Waals surface area contributed by atoms with Gasteiger partial charge >= 0.3 is 0 Å². The van der Waals surface area contributed by atoms with Gasteiger partial charge in [0.05, 0.1) is 12.6 Å². The quantitative estimate of drug-likeness (QED) is 0.336. The lowest BCUT2D eigenvalue weighted by molar-refractivity contribution is 0.0823. The Morgan fingerprint density at radius 1 is 1.10 bits per heavy atom. The number of piperidine rings is 1. The summed E-state index contributed by atoms with van der Waals surface area (Å²) in [4.78, 5) is 9.92. The molecule has 6 nitrogen and oxygen atoms in total. The molecule has 2 fully saturated rings. The van der Waals surface area contributed by atoms with Crippen molar-refractivity contribution in [2.75, 3.05) is 45.8 Å². The van der Waals surface area contributed by atoms with Crippen LogP contribution in [0.5, 0.6) is 0 Å². The predicted molar refractivity (Wildman–Crippen MR) is 120 cm³/mol. The highest BCUT2D eigenvalue weighted by Gasteiger charge is 2.24. The summed E-state index contributed by atoms with van der Waals surface area (Å²) in [5, 5.41) is 16.5. The van der Waals surface area contributed by atoms with Crippen LogP contribution < -0.4 is 10.6 Å². The maximum absolute atomic E-state index is 9.61. The summed E-state index contributed by atoms with van der Waals surface area (Å²) < 4.78 is 0. The Bertz CT molecular complexity index is 601. The molecule has 29 heavy (non-hydrogen) atoms. The zero-order valence-electron chi connectivity index (χ0n) is 18.0. The van der Waals surface area contributed by atoms with Crippen LogP contribution in [0, 0.1) is 0 Å². The topological polar surface area (TPSA) is 63.1 Å². The second-order valence-electron chi connectivity index (χ2n) is 8.32. The summed E-state index contributed by atoms with van der Waals surface area (Å²) in [7, 11) is 0. The molecule has 1 aromatic rings. The molecule has 0 aliphatic carbocycles. The van der Waals surface area contributed by atoms with E-state index in [1.165, 1.54) is 24.9 Å². The minimum Gasteiger partial charge on any atom is -0.393 e. The summed E-state index contributed by atoms with van der Waals surface area (Å²) in [6.07, 6.45) is 5.34. The summed E-state index contributed by atoms with van der Waals surface area (Å²) in [6.45, 7) is 10.1. The Morgan fingerprint density at radius 2 is 1.90 bits per heavy atom. The molecule has 0 radical (unpaired) electrons. The number of nitrogens with zero attached hydrogens (tertiary/aromatic N) is 3. The van der Waals surface area contributed by atoms with Gasteiger partial charge in [0, 0.05) is 38.8 Å². The zero-order valence-corrected chi connectivity index (χ0v) is 18.0. The number of rotatable bonds is 9. The van der Waals surface area contributed by atoms with Gasteiger partial charge in [0.2, 0.25) is 0 Å². The SMILES string of the molecule is CCNC(=NCC1CCCN1Cc1ccccc1)NCCCN1CCC(O)CC1. The third-order valence-corrected chi connectivity index (χ3v) is 6.03. The first-order chi connectivity index (χ1) is 14.2. The second-order valence-corrected chi connectivity index (χ2v) is 8.32. The Kier molecular flexibility index (Phi) is 9.25. The molecule has 1 atom stereocenters. The standard InChI is InChI=1S/C23H39N5O/c1-2-24-23(25-13-7-14-27-16-11-22(29)12-17-27)26-18-21-10-6-15-28(21)19-20-8-4-3-5-9-20/h3-5,8-9,21-22,29H,2,6-7,10-19H2,1H3,(H2,24,25,26). The van der Waals surface area contributed by atoms with E-state index >= 15 is 0 Å². The van der Waals surface area contributed by atoms with Gasteiger partial charge < -0.3 is 20.6 Å². The first-order valence-electron chi connectivity index (χ1n) is 11.4. The minimum absolute atomic E-state index is 0.0890. The molecule has 6 heteroatoms. The van der Waals surface area contributed by atoms with Crippen LogP contribution in [0.15, 0.2) is 35.3 Å². The van der Waals surface area contributed by atoms with Crippen molar-refractivity contribution in [1.82, 2.24) is 20.4 Å². The molecule has 2 aliphatic rings. The van der Waals surface area contributed by atoms with Crippen molar-refractivity contribution in [2.45, 2.75) is 57.7 Å². The van der Waals surface area contributed by atoms with E-state index in [2.05, 4.69) is 57.7 Å². The summed E-state index contributed by atoms with van der Waals surface area (Å²) in [6, 6.07) is 11.3. The van der Waals surface area contributed by atoms with Crippen molar-refractivity contribution in [3.63, 3.8) is 0 Å². The van der Waals surface area contributed by atoms with Gasteiger partial charge in [0.15, 0.2) is 5.96 Å². The molecule has 3 rings (SSSR count). The molecule has 2 aliphatic heterocycles. The van der Waals surface area contributed by atoms with Gasteiger partial charge in [-0.05, 0) is 57.7 Å². The molecule has 1 aromatic carbocycles. The maximum atomic E-state index is 9.61. The summed E-state index contributed by atoms with van der Waals surface area (Å²) in [5.41, 5.74) is 1.39. The van der Waals surface area contributed by atoms with Gasteiger partial charge in [-0.2, -0.15) is 0 Å². The third-order valence-electron chi connectivity index (χ3n) is 6.03. The van der Waals surface area contributed by atoms with Crippen LogP contribution in [0.1, 0.15) is 44.6 Å². The first-order valence-corrected chi connectivity index (χ1v) is 11.4. The zero-order chi connectivity index (χ0) is 20.3. The molecule has 0 aromatic heterocycles. The van der Waals surface area contributed by atoms with E-state index in [1.807, 2.05) is 0 Å². The average molecular weight is 402 g/mol. The normalized spacial score (nSPS) is 22.1. The highest BCUT2D eigenvalue weighted by molar-refractivity contribution is 5.79. The first kappa shape index (κ1) is 22.1. The van der Waals surface area contributed by atoms with E-state index < -0.39 is 0 Å². The molecule has 0 amide bonds. The number of aliphatic hydroxyl groups is 1. The number of nitrogens with one attached hydrogen (secondary N) is 2. The van der Waals surface area contributed by atoms with Crippen LogP contribution >= 0.6 is 0 Å². The van der Waals surface area contributed by atoms with Crippen LogP contribution in [0.4, 0.5) is 0 Å². The number of aliphatic hydroxyl groups excluding tert-OH is 1. The van der Waals surface area contributed by atoms with E-state index in [9.17, 15) is 5.11 Å². The van der Waals surface area contributed by atoms with Crippen LogP contribution in [-0.4, -0.2) is 78.8 Å². The predicted octanol–water partition coefficient (Wildman–Crippen LogP) is 2.05. The van der Waals surface area contributed by atoms with Crippen molar-refractivity contribution in [2.24, 2.45) is 4.99 Å². The number of guanidine groups is 1. The van der Waals surface area contributed by atoms with Crippen LogP contribution in [0.3, 0.4) is 0 Å². The lowest BCUT2D eigenvalue weighted by Gasteiger charge is -2.29.